The number of aryl methyl sites for hydroxylation is 1. The van der Waals surface area contributed by atoms with Gasteiger partial charge < -0.3 is 14.6 Å². The predicted molar refractivity (Wildman–Crippen MR) is 59.6 cm³/mol. The van der Waals surface area contributed by atoms with Crippen molar-refractivity contribution in [1.82, 2.24) is 5.16 Å². The third kappa shape index (κ3) is 1.71. The molecule has 2 rings (SSSR count). The van der Waals surface area contributed by atoms with Gasteiger partial charge in [0.1, 0.15) is 5.75 Å². The molecule has 1 aromatic heterocycles. The van der Waals surface area contributed by atoms with Crippen molar-refractivity contribution in [3.8, 4) is 5.75 Å². The number of amides is 1. The molecule has 1 N–H and O–H groups in total. The van der Waals surface area contributed by atoms with Crippen molar-refractivity contribution in [3.05, 3.63) is 17.8 Å². The van der Waals surface area contributed by atoms with Gasteiger partial charge in [-0.05, 0) is 13.0 Å². The van der Waals surface area contributed by atoms with E-state index in [9.17, 15) is 4.79 Å². The number of ether oxygens (including phenoxy) is 1. The lowest BCUT2D eigenvalue weighted by molar-refractivity contribution is -0.114. The molecule has 0 aliphatic rings. The molecular weight excluding hydrogens is 208 g/mol. The Labute approximate surface area is 92.4 Å². The number of carbonyl (C=O) groups is 1. The van der Waals surface area contributed by atoms with Gasteiger partial charge >= 0.3 is 0 Å². The van der Waals surface area contributed by atoms with Crippen molar-refractivity contribution in [2.24, 2.45) is 0 Å². The molecule has 0 aliphatic heterocycles. The molecule has 0 saturated heterocycles. The number of benzene rings is 1. The highest BCUT2D eigenvalue weighted by molar-refractivity contribution is 5.95. The van der Waals surface area contributed by atoms with Crippen LogP contribution in [0.2, 0.25) is 0 Å². The minimum atomic E-state index is -0.147. The van der Waals surface area contributed by atoms with Crippen LogP contribution in [-0.4, -0.2) is 18.2 Å². The molecule has 0 bridgehead atoms. The molecule has 1 amide bonds. The molecule has 16 heavy (non-hydrogen) atoms. The molecule has 84 valence electrons. The van der Waals surface area contributed by atoms with Crippen LogP contribution >= 0.6 is 0 Å². The quantitative estimate of drug-likeness (QED) is 0.841. The number of anilines is 1. The molecule has 5 nitrogen and oxygen atoms in total. The van der Waals surface area contributed by atoms with Gasteiger partial charge in [0, 0.05) is 18.4 Å². The van der Waals surface area contributed by atoms with Gasteiger partial charge in [-0.1, -0.05) is 5.16 Å². The maximum Gasteiger partial charge on any atom is 0.221 e. The van der Waals surface area contributed by atoms with E-state index in [2.05, 4.69) is 10.5 Å². The summed E-state index contributed by atoms with van der Waals surface area (Å²) in [6, 6.07) is 3.50. The molecule has 5 heteroatoms. The Morgan fingerprint density at radius 3 is 2.88 bits per heavy atom. The Morgan fingerprint density at radius 2 is 2.25 bits per heavy atom. The number of fused-ring (bicyclic) bond motifs is 1. The summed E-state index contributed by atoms with van der Waals surface area (Å²) in [5.41, 5.74) is 2.04. The van der Waals surface area contributed by atoms with Gasteiger partial charge in [0.25, 0.3) is 0 Å². The molecule has 0 atom stereocenters. The zero-order valence-corrected chi connectivity index (χ0v) is 9.33. The zero-order chi connectivity index (χ0) is 11.7. The van der Waals surface area contributed by atoms with Crippen LogP contribution in [0.5, 0.6) is 5.75 Å². The van der Waals surface area contributed by atoms with E-state index >= 15 is 0 Å². The summed E-state index contributed by atoms with van der Waals surface area (Å²) < 4.78 is 10.3. The first kappa shape index (κ1) is 10.5. The van der Waals surface area contributed by atoms with Gasteiger partial charge in [0.2, 0.25) is 5.91 Å². The molecule has 0 saturated carbocycles. The van der Waals surface area contributed by atoms with Crippen LogP contribution in [0.25, 0.3) is 11.0 Å². The third-order valence-corrected chi connectivity index (χ3v) is 2.28. The monoisotopic (exact) mass is 220 g/mol. The summed E-state index contributed by atoms with van der Waals surface area (Å²) in [6.45, 7) is 3.29. The SMILES string of the molecule is COc1cc2onc(C)c2cc1NC(C)=O. The Balaban J connectivity index is 2.60. The van der Waals surface area contributed by atoms with Crippen LogP contribution in [0, 0.1) is 6.92 Å². The van der Waals surface area contributed by atoms with Crippen LogP contribution in [-0.2, 0) is 4.79 Å². The molecule has 2 aromatic rings. The van der Waals surface area contributed by atoms with E-state index < -0.39 is 0 Å². The van der Waals surface area contributed by atoms with E-state index in [4.69, 9.17) is 9.26 Å². The maximum absolute atomic E-state index is 11.0. The van der Waals surface area contributed by atoms with Crippen molar-refractivity contribution in [3.63, 3.8) is 0 Å². The van der Waals surface area contributed by atoms with Crippen LogP contribution < -0.4 is 10.1 Å². The number of rotatable bonds is 2. The van der Waals surface area contributed by atoms with Crippen molar-refractivity contribution < 1.29 is 14.1 Å². The molecule has 1 aromatic carbocycles. The minimum Gasteiger partial charge on any atom is -0.494 e. The van der Waals surface area contributed by atoms with Gasteiger partial charge in [0.05, 0.1) is 18.5 Å². The second-order valence-corrected chi connectivity index (χ2v) is 3.50. The van der Waals surface area contributed by atoms with Crippen LogP contribution in [0.1, 0.15) is 12.6 Å². The number of aromatic nitrogens is 1. The van der Waals surface area contributed by atoms with E-state index in [0.717, 1.165) is 11.1 Å². The summed E-state index contributed by atoms with van der Waals surface area (Å²) in [7, 11) is 1.54. The van der Waals surface area contributed by atoms with Gasteiger partial charge in [-0.3, -0.25) is 4.79 Å². The highest BCUT2D eigenvalue weighted by atomic mass is 16.5. The highest BCUT2D eigenvalue weighted by Crippen LogP contribution is 2.31. The second-order valence-electron chi connectivity index (χ2n) is 3.50. The lowest BCUT2D eigenvalue weighted by Crippen LogP contribution is -2.07. The van der Waals surface area contributed by atoms with Crippen molar-refractivity contribution in [2.45, 2.75) is 13.8 Å². The van der Waals surface area contributed by atoms with Gasteiger partial charge in [-0.25, -0.2) is 0 Å². The fraction of sp³-hybridized carbons (Fsp3) is 0.273. The summed E-state index contributed by atoms with van der Waals surface area (Å²) >= 11 is 0. The number of hydrogen-bond donors (Lipinski definition) is 1. The van der Waals surface area contributed by atoms with Crippen molar-refractivity contribution >= 4 is 22.6 Å². The third-order valence-electron chi connectivity index (χ3n) is 2.28. The summed E-state index contributed by atoms with van der Waals surface area (Å²) in [4.78, 5) is 11.0. The molecule has 0 aliphatic carbocycles. The topological polar surface area (TPSA) is 64.4 Å². The van der Waals surface area contributed by atoms with E-state index in [1.165, 1.54) is 14.0 Å². The van der Waals surface area contributed by atoms with Crippen LogP contribution in [0.15, 0.2) is 16.7 Å². The van der Waals surface area contributed by atoms with E-state index in [-0.39, 0.29) is 5.91 Å². The van der Waals surface area contributed by atoms with Gasteiger partial charge in [-0.15, -0.1) is 0 Å². The first-order valence-electron chi connectivity index (χ1n) is 4.83. The molecular formula is C11H12N2O3. The Morgan fingerprint density at radius 1 is 1.50 bits per heavy atom. The number of methoxy groups -OCH3 is 1. The zero-order valence-electron chi connectivity index (χ0n) is 9.33. The van der Waals surface area contributed by atoms with E-state index in [1.54, 1.807) is 12.1 Å². The van der Waals surface area contributed by atoms with Gasteiger partial charge in [0.15, 0.2) is 5.58 Å². The molecule has 0 radical (unpaired) electrons. The normalized spacial score (nSPS) is 10.4. The molecule has 1 heterocycles. The van der Waals surface area contributed by atoms with E-state index in [0.29, 0.717) is 17.0 Å². The summed E-state index contributed by atoms with van der Waals surface area (Å²) in [5.74, 6) is 0.408. The predicted octanol–water partition coefficient (Wildman–Crippen LogP) is 2.10. The molecule has 0 spiro atoms. The fourth-order valence-electron chi connectivity index (χ4n) is 1.54. The largest absolute Gasteiger partial charge is 0.494 e. The van der Waals surface area contributed by atoms with E-state index in [1.807, 2.05) is 6.92 Å². The molecule has 0 fully saturated rings. The van der Waals surface area contributed by atoms with Crippen LogP contribution in [0.3, 0.4) is 0 Å². The maximum atomic E-state index is 11.0. The van der Waals surface area contributed by atoms with Crippen molar-refractivity contribution in [1.29, 1.82) is 0 Å². The first-order chi connectivity index (χ1) is 7.61. The van der Waals surface area contributed by atoms with Gasteiger partial charge in [-0.2, -0.15) is 0 Å². The smallest absolute Gasteiger partial charge is 0.221 e. The van der Waals surface area contributed by atoms with Crippen LogP contribution in [0.4, 0.5) is 5.69 Å². The Kier molecular flexibility index (Phi) is 2.52. The second kappa shape index (κ2) is 3.84. The number of nitrogens with one attached hydrogen (secondary N) is 1. The summed E-state index contributed by atoms with van der Waals surface area (Å²) in [6.07, 6.45) is 0. The minimum absolute atomic E-state index is 0.147. The highest BCUT2D eigenvalue weighted by Gasteiger charge is 2.11. The molecule has 0 unspecified atom stereocenters. The lowest BCUT2D eigenvalue weighted by atomic mass is 10.2. The van der Waals surface area contributed by atoms with Crippen molar-refractivity contribution in [2.75, 3.05) is 12.4 Å². The Hall–Kier alpha value is -2.04. The average molecular weight is 220 g/mol. The standard InChI is InChI=1S/C11H12N2O3/c1-6-8-4-9(12-7(2)14)11(15-3)5-10(8)16-13-6/h4-5H,1-3H3,(H,12,14). The fourth-order valence-corrected chi connectivity index (χ4v) is 1.54. The Bertz CT molecular complexity index is 545. The lowest BCUT2D eigenvalue weighted by Gasteiger charge is -2.08. The number of hydrogen-bond acceptors (Lipinski definition) is 4. The summed E-state index contributed by atoms with van der Waals surface area (Å²) in [5, 5.41) is 7.41. The average Bonchev–Trinajstić information content (AvgIpc) is 2.58. The first-order valence-corrected chi connectivity index (χ1v) is 4.83. The number of carbonyl (C=O) groups excluding carboxylic acids is 1. The number of nitrogens with zero attached hydrogens (tertiary/aromatic N) is 1.